The van der Waals surface area contributed by atoms with Gasteiger partial charge in [-0.15, -0.1) is 11.3 Å². The van der Waals surface area contributed by atoms with E-state index in [1.807, 2.05) is 0 Å². The molecule has 2 aromatic carbocycles. The number of amides is 1. The van der Waals surface area contributed by atoms with E-state index < -0.39 is 16.0 Å². The van der Waals surface area contributed by atoms with Crippen LogP contribution >= 0.6 is 11.3 Å². The highest BCUT2D eigenvalue weighted by atomic mass is 32.2. The highest BCUT2D eigenvalue weighted by molar-refractivity contribution is 7.89. The van der Waals surface area contributed by atoms with Gasteiger partial charge in [0, 0.05) is 5.69 Å². The summed E-state index contributed by atoms with van der Waals surface area (Å²) in [6.45, 7) is 3.38. The van der Waals surface area contributed by atoms with Crippen LogP contribution in [0.5, 0.6) is 5.75 Å². The Hall–Kier alpha value is -3.63. The maximum absolute atomic E-state index is 13.4. The summed E-state index contributed by atoms with van der Waals surface area (Å²) in [5.41, 5.74) is 0.501. The van der Waals surface area contributed by atoms with Crippen molar-refractivity contribution in [3.05, 3.63) is 88.8 Å². The van der Waals surface area contributed by atoms with Crippen LogP contribution in [-0.2, 0) is 26.1 Å². The van der Waals surface area contributed by atoms with Gasteiger partial charge in [0.05, 0.1) is 30.5 Å². The lowest BCUT2D eigenvalue weighted by molar-refractivity contribution is -0.137. The Morgan fingerprint density at radius 1 is 1.03 bits per heavy atom. The molecule has 0 aliphatic carbocycles. The first kappa shape index (κ1) is 24.0. The molecule has 0 radical (unpaired) electrons. The van der Waals surface area contributed by atoms with Gasteiger partial charge in [0.25, 0.3) is 15.9 Å². The number of hydrogen-bond donors (Lipinski definition) is 1. The number of carbonyl (C=O) groups is 2. The van der Waals surface area contributed by atoms with Crippen LogP contribution in [0.2, 0.25) is 0 Å². The van der Waals surface area contributed by atoms with Crippen molar-refractivity contribution in [1.29, 1.82) is 0 Å². The SMILES string of the molecule is C=C(C(=O)OC)N(Cc1ccccc1NC(=O)c1cccs1)S(=O)(=O)c1ccc(OC)cc1. The molecule has 1 heterocycles. The summed E-state index contributed by atoms with van der Waals surface area (Å²) < 4.78 is 37.6. The summed E-state index contributed by atoms with van der Waals surface area (Å²) in [6.07, 6.45) is 0. The Labute approximate surface area is 196 Å². The molecular weight excluding hydrogens is 464 g/mol. The highest BCUT2D eigenvalue weighted by Crippen LogP contribution is 2.27. The number of methoxy groups -OCH3 is 2. The van der Waals surface area contributed by atoms with Crippen LogP contribution in [0.4, 0.5) is 5.69 Å². The molecule has 33 heavy (non-hydrogen) atoms. The summed E-state index contributed by atoms with van der Waals surface area (Å²) in [6, 6.07) is 15.9. The molecule has 0 aliphatic heterocycles. The van der Waals surface area contributed by atoms with Gasteiger partial charge in [0.2, 0.25) is 0 Å². The second-order valence-electron chi connectivity index (χ2n) is 6.71. The molecule has 3 aromatic rings. The molecule has 1 N–H and O–H groups in total. The second kappa shape index (κ2) is 10.3. The van der Waals surface area contributed by atoms with Crippen molar-refractivity contribution in [1.82, 2.24) is 4.31 Å². The van der Waals surface area contributed by atoms with E-state index in [2.05, 4.69) is 11.9 Å². The van der Waals surface area contributed by atoms with Crippen molar-refractivity contribution < 1.29 is 27.5 Å². The lowest BCUT2D eigenvalue weighted by atomic mass is 10.1. The quantitative estimate of drug-likeness (QED) is 0.364. The Morgan fingerprint density at radius 3 is 2.33 bits per heavy atom. The molecule has 0 aliphatic rings. The number of para-hydroxylation sites is 1. The highest BCUT2D eigenvalue weighted by Gasteiger charge is 2.30. The third-order valence-corrected chi connectivity index (χ3v) is 7.36. The maximum atomic E-state index is 13.4. The number of rotatable bonds is 9. The van der Waals surface area contributed by atoms with Crippen molar-refractivity contribution in [3.8, 4) is 5.75 Å². The molecule has 0 unspecified atom stereocenters. The average molecular weight is 487 g/mol. The van der Waals surface area contributed by atoms with Crippen LogP contribution in [0.3, 0.4) is 0 Å². The monoisotopic (exact) mass is 486 g/mol. The number of hydrogen-bond acceptors (Lipinski definition) is 7. The van der Waals surface area contributed by atoms with Crippen LogP contribution in [0.25, 0.3) is 0 Å². The number of anilines is 1. The number of sulfonamides is 1. The van der Waals surface area contributed by atoms with Crippen LogP contribution in [0, 0.1) is 0 Å². The molecule has 10 heteroatoms. The van der Waals surface area contributed by atoms with E-state index in [-0.39, 0.29) is 23.0 Å². The zero-order valence-corrected chi connectivity index (χ0v) is 19.6. The fourth-order valence-corrected chi connectivity index (χ4v) is 4.97. The van der Waals surface area contributed by atoms with E-state index in [4.69, 9.17) is 9.47 Å². The molecule has 0 atom stereocenters. The number of carbonyl (C=O) groups excluding carboxylic acids is 2. The van der Waals surface area contributed by atoms with Crippen LogP contribution in [0.15, 0.2) is 83.2 Å². The van der Waals surface area contributed by atoms with Crippen molar-refractivity contribution in [2.45, 2.75) is 11.4 Å². The van der Waals surface area contributed by atoms with Gasteiger partial charge in [0.1, 0.15) is 11.4 Å². The molecular formula is C23H22N2O6S2. The van der Waals surface area contributed by atoms with Crippen molar-refractivity contribution in [2.75, 3.05) is 19.5 Å². The van der Waals surface area contributed by atoms with E-state index in [1.165, 1.54) is 42.7 Å². The first-order chi connectivity index (χ1) is 15.8. The maximum Gasteiger partial charge on any atom is 0.354 e. The summed E-state index contributed by atoms with van der Waals surface area (Å²) in [5, 5.41) is 4.58. The summed E-state index contributed by atoms with van der Waals surface area (Å²) in [7, 11) is -1.59. The Balaban J connectivity index is 1.98. The standard InChI is InChI=1S/C23H22N2O6S2/c1-16(23(27)31-3)25(33(28,29)19-12-10-18(30-2)11-13-19)15-17-7-4-5-8-20(17)24-22(26)21-9-6-14-32-21/h4-14H,1,15H2,2-3H3,(H,24,26). The first-order valence-corrected chi connectivity index (χ1v) is 12.0. The van der Waals surface area contributed by atoms with E-state index >= 15 is 0 Å². The average Bonchev–Trinajstić information content (AvgIpc) is 3.37. The normalized spacial score (nSPS) is 10.8. The molecule has 8 nitrogen and oxygen atoms in total. The second-order valence-corrected chi connectivity index (χ2v) is 9.52. The van der Waals surface area contributed by atoms with Gasteiger partial charge in [-0.05, 0) is 47.3 Å². The fourth-order valence-electron chi connectivity index (χ4n) is 2.95. The summed E-state index contributed by atoms with van der Waals surface area (Å²) >= 11 is 1.28. The van der Waals surface area contributed by atoms with Crippen molar-refractivity contribution in [2.24, 2.45) is 0 Å². The van der Waals surface area contributed by atoms with Crippen molar-refractivity contribution in [3.63, 3.8) is 0 Å². The molecule has 3 rings (SSSR count). The third kappa shape index (κ3) is 5.41. The van der Waals surface area contributed by atoms with Gasteiger partial charge >= 0.3 is 5.97 Å². The zero-order chi connectivity index (χ0) is 24.0. The largest absolute Gasteiger partial charge is 0.497 e. The molecule has 0 saturated carbocycles. The fraction of sp³-hybridized carbons (Fsp3) is 0.130. The van der Waals surface area contributed by atoms with Crippen LogP contribution < -0.4 is 10.1 Å². The number of nitrogens with one attached hydrogen (secondary N) is 1. The molecule has 0 bridgehead atoms. The number of ether oxygens (including phenoxy) is 2. The van der Waals surface area contributed by atoms with E-state index in [9.17, 15) is 18.0 Å². The minimum absolute atomic E-state index is 0.0616. The zero-order valence-electron chi connectivity index (χ0n) is 18.0. The lowest BCUT2D eigenvalue weighted by Crippen LogP contribution is -2.33. The number of esters is 1. The minimum atomic E-state index is -4.20. The number of benzene rings is 2. The Bertz CT molecular complexity index is 1250. The topological polar surface area (TPSA) is 102 Å². The van der Waals surface area contributed by atoms with Gasteiger partial charge < -0.3 is 14.8 Å². The van der Waals surface area contributed by atoms with Gasteiger partial charge in [0.15, 0.2) is 0 Å². The summed E-state index contributed by atoms with van der Waals surface area (Å²) in [5.74, 6) is -0.741. The number of nitrogens with zero attached hydrogens (tertiary/aromatic N) is 1. The molecule has 0 fully saturated rings. The predicted molar refractivity (Wildman–Crippen MR) is 126 cm³/mol. The molecule has 1 amide bonds. The van der Waals surface area contributed by atoms with E-state index in [1.54, 1.807) is 41.8 Å². The Morgan fingerprint density at radius 2 is 1.73 bits per heavy atom. The van der Waals surface area contributed by atoms with Gasteiger partial charge in [-0.2, -0.15) is 0 Å². The van der Waals surface area contributed by atoms with Gasteiger partial charge in [-0.3, -0.25) is 9.10 Å². The van der Waals surface area contributed by atoms with Crippen LogP contribution in [0.1, 0.15) is 15.2 Å². The smallest absolute Gasteiger partial charge is 0.354 e. The van der Waals surface area contributed by atoms with Crippen LogP contribution in [-0.4, -0.2) is 38.8 Å². The number of thiophene rings is 1. The third-order valence-electron chi connectivity index (χ3n) is 4.69. The molecule has 172 valence electrons. The predicted octanol–water partition coefficient (Wildman–Crippen LogP) is 3.89. The van der Waals surface area contributed by atoms with Gasteiger partial charge in [-0.1, -0.05) is 30.8 Å². The van der Waals surface area contributed by atoms with E-state index in [0.29, 0.717) is 21.9 Å². The first-order valence-electron chi connectivity index (χ1n) is 9.64. The van der Waals surface area contributed by atoms with Gasteiger partial charge in [-0.25, -0.2) is 13.2 Å². The lowest BCUT2D eigenvalue weighted by Gasteiger charge is -2.26. The summed E-state index contributed by atoms with van der Waals surface area (Å²) in [4.78, 5) is 25.2. The Kier molecular flexibility index (Phi) is 7.52. The minimum Gasteiger partial charge on any atom is -0.497 e. The molecule has 0 saturated heterocycles. The van der Waals surface area contributed by atoms with Crippen molar-refractivity contribution >= 4 is 38.9 Å². The molecule has 1 aromatic heterocycles. The molecule has 0 spiro atoms. The van der Waals surface area contributed by atoms with E-state index in [0.717, 1.165) is 11.4 Å².